The minimum atomic E-state index is -0.390. The van der Waals surface area contributed by atoms with Crippen molar-refractivity contribution in [3.63, 3.8) is 0 Å². The second-order valence-electron chi connectivity index (χ2n) is 6.57. The second kappa shape index (κ2) is 8.37. The van der Waals surface area contributed by atoms with Gasteiger partial charge in [-0.3, -0.25) is 4.98 Å². The van der Waals surface area contributed by atoms with Crippen molar-refractivity contribution in [2.75, 3.05) is 0 Å². The first kappa shape index (κ1) is 18.5. The number of benzene rings is 2. The number of hydrogen-bond acceptors (Lipinski definition) is 3. The molecule has 0 N–H and O–H groups in total. The topological polar surface area (TPSA) is 42.3 Å². The molecule has 2 atom stereocenters. The molecule has 0 amide bonds. The van der Waals surface area contributed by atoms with E-state index in [4.69, 9.17) is 0 Å². The van der Waals surface area contributed by atoms with Crippen LogP contribution in [0.25, 0.3) is 0 Å². The molecule has 2 unspecified atom stereocenters. The zero-order valence-electron chi connectivity index (χ0n) is 14.9. The highest BCUT2D eigenvalue weighted by molar-refractivity contribution is 9.10. The van der Waals surface area contributed by atoms with Crippen molar-refractivity contribution in [2.45, 2.75) is 32.2 Å². The van der Waals surface area contributed by atoms with E-state index >= 15 is 0 Å². The summed E-state index contributed by atoms with van der Waals surface area (Å²) >= 11 is 3.49. The van der Waals surface area contributed by atoms with E-state index in [2.05, 4.69) is 57.3 Å². The molecule has 0 saturated heterocycles. The van der Waals surface area contributed by atoms with E-state index in [0.29, 0.717) is 6.42 Å². The lowest BCUT2D eigenvalue weighted by atomic mass is 9.81. The molecule has 0 fully saturated rings. The van der Waals surface area contributed by atoms with Crippen molar-refractivity contribution in [3.8, 4) is 0 Å². The van der Waals surface area contributed by atoms with Crippen molar-refractivity contribution >= 4 is 15.9 Å². The van der Waals surface area contributed by atoms with Gasteiger partial charge in [-0.2, -0.15) is 4.91 Å². The molecule has 1 aromatic heterocycles. The van der Waals surface area contributed by atoms with Crippen LogP contribution in [-0.4, -0.2) is 11.0 Å². The maximum absolute atomic E-state index is 11.9. The Kier molecular flexibility index (Phi) is 5.94. The Morgan fingerprint density at radius 2 is 1.77 bits per heavy atom. The Hall–Kier alpha value is -2.33. The van der Waals surface area contributed by atoms with Crippen molar-refractivity contribution in [2.24, 2.45) is 5.18 Å². The fourth-order valence-corrected chi connectivity index (χ4v) is 3.67. The van der Waals surface area contributed by atoms with E-state index in [-0.39, 0.29) is 12.0 Å². The molecule has 0 radical (unpaired) electrons. The predicted octanol–water partition coefficient (Wildman–Crippen LogP) is 5.97. The highest BCUT2D eigenvalue weighted by Crippen LogP contribution is 2.34. The van der Waals surface area contributed by atoms with Crippen LogP contribution >= 0.6 is 15.9 Å². The van der Waals surface area contributed by atoms with Crippen LogP contribution in [0.1, 0.15) is 33.9 Å². The lowest BCUT2D eigenvalue weighted by Crippen LogP contribution is -2.21. The molecule has 26 heavy (non-hydrogen) atoms. The van der Waals surface area contributed by atoms with Crippen LogP contribution in [0.15, 0.2) is 76.5 Å². The summed E-state index contributed by atoms with van der Waals surface area (Å²) in [6, 6.07) is 20.0. The minimum Gasteiger partial charge on any atom is -0.262 e. The average Bonchev–Trinajstić information content (AvgIpc) is 2.64. The molecule has 4 heteroatoms. The van der Waals surface area contributed by atoms with E-state index in [0.717, 1.165) is 26.9 Å². The van der Waals surface area contributed by atoms with Crippen LogP contribution < -0.4 is 0 Å². The molecule has 3 rings (SSSR count). The zero-order valence-corrected chi connectivity index (χ0v) is 16.5. The first-order chi connectivity index (χ1) is 12.6. The average molecular weight is 409 g/mol. The standard InChI is InChI=1S/C22H21BrN2O/c1-15-5-3-4-6-20(15)22(18-7-9-19(23)10-8-18)21(25-26)14-17-11-12-24-16(2)13-17/h3-13,21-22H,14H2,1-2H3. The fourth-order valence-electron chi connectivity index (χ4n) is 3.40. The Labute approximate surface area is 162 Å². The maximum atomic E-state index is 11.9. The fraction of sp³-hybridized carbons (Fsp3) is 0.227. The SMILES string of the molecule is Cc1cc(CC(N=O)C(c2ccc(Br)cc2)c2ccccc2C)ccn1. The number of aryl methyl sites for hydroxylation is 2. The third-order valence-electron chi connectivity index (χ3n) is 4.68. The molecule has 0 aliphatic heterocycles. The summed E-state index contributed by atoms with van der Waals surface area (Å²) in [6.07, 6.45) is 2.37. The Bertz CT molecular complexity index is 893. The summed E-state index contributed by atoms with van der Waals surface area (Å²) in [5, 5.41) is 3.55. The van der Waals surface area contributed by atoms with Crippen LogP contribution in [-0.2, 0) is 6.42 Å². The van der Waals surface area contributed by atoms with Gasteiger partial charge >= 0.3 is 0 Å². The molecule has 3 nitrogen and oxygen atoms in total. The number of halogens is 1. The molecule has 2 aromatic carbocycles. The van der Waals surface area contributed by atoms with E-state index in [1.807, 2.05) is 43.3 Å². The van der Waals surface area contributed by atoms with Gasteiger partial charge < -0.3 is 0 Å². The van der Waals surface area contributed by atoms with Gasteiger partial charge in [-0.15, -0.1) is 0 Å². The van der Waals surface area contributed by atoms with Crippen LogP contribution in [0, 0.1) is 18.8 Å². The third-order valence-corrected chi connectivity index (χ3v) is 5.21. The minimum absolute atomic E-state index is 0.0877. The van der Waals surface area contributed by atoms with Gasteiger partial charge in [0, 0.05) is 22.3 Å². The molecule has 132 valence electrons. The lowest BCUT2D eigenvalue weighted by Gasteiger charge is -2.25. The summed E-state index contributed by atoms with van der Waals surface area (Å²) in [4.78, 5) is 16.1. The van der Waals surface area contributed by atoms with Gasteiger partial charge in [-0.25, -0.2) is 0 Å². The summed E-state index contributed by atoms with van der Waals surface area (Å²) in [6.45, 7) is 4.04. The molecule has 0 aliphatic rings. The third kappa shape index (κ3) is 4.25. The monoisotopic (exact) mass is 408 g/mol. The largest absolute Gasteiger partial charge is 0.262 e. The van der Waals surface area contributed by atoms with Gasteiger partial charge in [0.25, 0.3) is 0 Å². The molecule has 0 saturated carbocycles. The normalized spacial score (nSPS) is 13.2. The van der Waals surface area contributed by atoms with Crippen molar-refractivity contribution < 1.29 is 0 Å². The number of nitrogens with zero attached hydrogens (tertiary/aromatic N) is 2. The van der Waals surface area contributed by atoms with Crippen molar-refractivity contribution in [1.29, 1.82) is 0 Å². The highest BCUT2D eigenvalue weighted by Gasteiger charge is 2.27. The Morgan fingerprint density at radius 3 is 2.42 bits per heavy atom. The zero-order chi connectivity index (χ0) is 18.5. The number of aromatic nitrogens is 1. The number of pyridine rings is 1. The highest BCUT2D eigenvalue weighted by atomic mass is 79.9. The van der Waals surface area contributed by atoms with Gasteiger partial charge in [0.1, 0.15) is 6.04 Å². The summed E-state index contributed by atoms with van der Waals surface area (Å²) in [5.41, 5.74) is 5.43. The van der Waals surface area contributed by atoms with Gasteiger partial charge in [-0.05, 0) is 66.8 Å². The molecule has 3 aromatic rings. The van der Waals surface area contributed by atoms with Crippen LogP contribution in [0.5, 0.6) is 0 Å². The lowest BCUT2D eigenvalue weighted by molar-refractivity contribution is 0.586. The van der Waals surface area contributed by atoms with E-state index in [1.54, 1.807) is 6.20 Å². The number of hydrogen-bond donors (Lipinski definition) is 0. The molecular formula is C22H21BrN2O. The van der Waals surface area contributed by atoms with Crippen LogP contribution in [0.3, 0.4) is 0 Å². The van der Waals surface area contributed by atoms with Crippen molar-refractivity contribution in [1.82, 2.24) is 4.98 Å². The first-order valence-electron chi connectivity index (χ1n) is 8.63. The Morgan fingerprint density at radius 1 is 1.04 bits per heavy atom. The van der Waals surface area contributed by atoms with Crippen LogP contribution in [0.2, 0.25) is 0 Å². The van der Waals surface area contributed by atoms with Crippen molar-refractivity contribution in [3.05, 3.63) is 104 Å². The summed E-state index contributed by atoms with van der Waals surface area (Å²) in [7, 11) is 0. The molecule has 0 aliphatic carbocycles. The van der Waals surface area contributed by atoms with Gasteiger partial charge in [0.2, 0.25) is 0 Å². The first-order valence-corrected chi connectivity index (χ1v) is 9.43. The molecule has 0 bridgehead atoms. The smallest absolute Gasteiger partial charge is 0.107 e. The van der Waals surface area contributed by atoms with Crippen LogP contribution in [0.4, 0.5) is 0 Å². The Balaban J connectivity index is 2.04. The number of nitroso groups, excluding NO2 is 1. The quantitative estimate of drug-likeness (QED) is 0.471. The molecule has 0 spiro atoms. The van der Waals surface area contributed by atoms with E-state index < -0.39 is 0 Å². The van der Waals surface area contributed by atoms with Gasteiger partial charge in [0.05, 0.1) is 0 Å². The number of rotatable bonds is 6. The second-order valence-corrected chi connectivity index (χ2v) is 7.48. The van der Waals surface area contributed by atoms with E-state index in [1.165, 1.54) is 5.56 Å². The predicted molar refractivity (Wildman–Crippen MR) is 109 cm³/mol. The summed E-state index contributed by atoms with van der Waals surface area (Å²) in [5.74, 6) is -0.0877. The molecule has 1 heterocycles. The van der Waals surface area contributed by atoms with E-state index in [9.17, 15) is 4.91 Å². The van der Waals surface area contributed by atoms with Gasteiger partial charge in [0.15, 0.2) is 0 Å². The summed E-state index contributed by atoms with van der Waals surface area (Å²) < 4.78 is 1.02. The maximum Gasteiger partial charge on any atom is 0.107 e. The molecular weight excluding hydrogens is 388 g/mol. The van der Waals surface area contributed by atoms with Gasteiger partial charge in [-0.1, -0.05) is 57.5 Å².